The van der Waals surface area contributed by atoms with Crippen LogP contribution in [0.3, 0.4) is 0 Å². The smallest absolute Gasteiger partial charge is 0.231 e. The monoisotopic (exact) mass is 487 g/mol. The summed E-state index contributed by atoms with van der Waals surface area (Å²) in [6.07, 6.45) is 0.584. The van der Waals surface area contributed by atoms with Crippen LogP contribution in [0.15, 0.2) is 47.5 Å². The van der Waals surface area contributed by atoms with Crippen molar-refractivity contribution in [3.63, 3.8) is 0 Å². The van der Waals surface area contributed by atoms with E-state index in [4.69, 9.17) is 14.2 Å². The number of halogens is 2. The summed E-state index contributed by atoms with van der Waals surface area (Å²) in [5.74, 6) is 2.61. The molecule has 27 heavy (non-hydrogen) atoms. The highest BCUT2D eigenvalue weighted by Gasteiger charge is 2.13. The molecule has 0 fully saturated rings. The number of nitrogens with zero attached hydrogens (tertiary/aromatic N) is 1. The van der Waals surface area contributed by atoms with Crippen LogP contribution in [0.4, 0.5) is 4.39 Å². The van der Waals surface area contributed by atoms with Crippen molar-refractivity contribution in [2.75, 3.05) is 33.5 Å². The van der Waals surface area contributed by atoms with Gasteiger partial charge in [0.15, 0.2) is 17.5 Å². The zero-order chi connectivity index (χ0) is 18.2. The molecule has 0 saturated carbocycles. The van der Waals surface area contributed by atoms with E-state index in [0.29, 0.717) is 43.4 Å². The first-order valence-corrected chi connectivity index (χ1v) is 8.46. The lowest BCUT2D eigenvalue weighted by molar-refractivity contribution is 0.173. The van der Waals surface area contributed by atoms with E-state index in [9.17, 15) is 4.39 Å². The number of hydrogen-bond donors (Lipinski definition) is 2. The molecule has 3 rings (SSSR count). The summed E-state index contributed by atoms with van der Waals surface area (Å²) in [6.45, 7) is 1.88. The minimum atomic E-state index is -0.186. The van der Waals surface area contributed by atoms with Gasteiger partial charge in [-0.1, -0.05) is 18.2 Å². The molecular formula is C19H23FIN3O3. The molecule has 1 aliphatic heterocycles. The van der Waals surface area contributed by atoms with Gasteiger partial charge in [0.1, 0.15) is 18.2 Å². The Morgan fingerprint density at radius 1 is 1.11 bits per heavy atom. The van der Waals surface area contributed by atoms with E-state index in [-0.39, 0.29) is 36.6 Å². The van der Waals surface area contributed by atoms with Gasteiger partial charge in [-0.2, -0.15) is 0 Å². The molecule has 146 valence electrons. The third-order valence-electron chi connectivity index (χ3n) is 3.88. The first kappa shape index (κ1) is 21.1. The normalized spacial score (nSPS) is 12.3. The number of ether oxygens (including phenoxy) is 3. The van der Waals surface area contributed by atoms with Crippen molar-refractivity contribution >= 4 is 29.9 Å². The van der Waals surface area contributed by atoms with Crippen LogP contribution in [0.1, 0.15) is 5.56 Å². The molecule has 1 heterocycles. The second kappa shape index (κ2) is 10.8. The van der Waals surface area contributed by atoms with Crippen molar-refractivity contribution < 1.29 is 18.6 Å². The molecule has 0 spiro atoms. The molecule has 0 bridgehead atoms. The molecule has 6 nitrogen and oxygen atoms in total. The van der Waals surface area contributed by atoms with Crippen LogP contribution in [0.25, 0.3) is 0 Å². The second-order valence-electron chi connectivity index (χ2n) is 5.63. The van der Waals surface area contributed by atoms with Gasteiger partial charge in [0, 0.05) is 19.7 Å². The number of aliphatic imine (C=N–C) groups is 1. The maximum Gasteiger partial charge on any atom is 0.231 e. The Bertz CT molecular complexity index is 774. The molecule has 1 aliphatic rings. The van der Waals surface area contributed by atoms with Gasteiger partial charge in [0.2, 0.25) is 6.79 Å². The topological polar surface area (TPSA) is 64.1 Å². The molecule has 0 amide bonds. The third-order valence-corrected chi connectivity index (χ3v) is 3.88. The van der Waals surface area contributed by atoms with E-state index in [1.807, 2.05) is 24.3 Å². The number of fused-ring (bicyclic) bond motifs is 1. The summed E-state index contributed by atoms with van der Waals surface area (Å²) in [4.78, 5) is 4.14. The van der Waals surface area contributed by atoms with E-state index < -0.39 is 0 Å². The predicted molar refractivity (Wildman–Crippen MR) is 113 cm³/mol. The number of guanidine groups is 1. The Morgan fingerprint density at radius 3 is 2.70 bits per heavy atom. The molecule has 2 aromatic rings. The van der Waals surface area contributed by atoms with E-state index in [1.54, 1.807) is 19.2 Å². The third kappa shape index (κ3) is 6.16. The quantitative estimate of drug-likeness (QED) is 0.272. The molecule has 2 aromatic carbocycles. The fourth-order valence-electron chi connectivity index (χ4n) is 2.54. The Morgan fingerprint density at radius 2 is 1.89 bits per heavy atom. The van der Waals surface area contributed by atoms with Gasteiger partial charge in [-0.25, -0.2) is 4.39 Å². The van der Waals surface area contributed by atoms with E-state index in [2.05, 4.69) is 15.6 Å². The average Bonchev–Trinajstić information content (AvgIpc) is 3.13. The van der Waals surface area contributed by atoms with Gasteiger partial charge >= 0.3 is 0 Å². The van der Waals surface area contributed by atoms with Crippen LogP contribution >= 0.6 is 24.0 Å². The number of nitrogens with one attached hydrogen (secondary N) is 2. The molecule has 0 atom stereocenters. The molecular weight excluding hydrogens is 464 g/mol. The van der Waals surface area contributed by atoms with Crippen molar-refractivity contribution in [2.24, 2.45) is 4.99 Å². The first-order chi connectivity index (χ1) is 12.8. The summed E-state index contributed by atoms with van der Waals surface area (Å²) in [6, 6.07) is 12.3. The SMILES string of the molecule is CN=C(NCCOc1ccc2c(c1)OCO2)NCCc1ccccc1F.I. The largest absolute Gasteiger partial charge is 0.492 e. The van der Waals surface area contributed by atoms with Crippen molar-refractivity contribution in [3.05, 3.63) is 53.8 Å². The minimum absolute atomic E-state index is 0. The second-order valence-corrected chi connectivity index (χ2v) is 5.63. The maximum absolute atomic E-state index is 13.6. The van der Waals surface area contributed by atoms with Crippen molar-refractivity contribution in [1.29, 1.82) is 0 Å². The Hall–Kier alpha value is -2.23. The van der Waals surface area contributed by atoms with Gasteiger partial charge in [-0.05, 0) is 30.2 Å². The predicted octanol–water partition coefficient (Wildman–Crippen LogP) is 2.96. The lowest BCUT2D eigenvalue weighted by atomic mass is 10.1. The van der Waals surface area contributed by atoms with E-state index >= 15 is 0 Å². The standard InChI is InChI=1S/C19H22FN3O3.HI/c1-21-19(22-9-8-14-4-2-3-5-16(14)20)23-10-11-24-15-6-7-17-18(12-15)26-13-25-17;/h2-7,12H,8-11,13H2,1H3,(H2,21,22,23);1H. The fourth-order valence-corrected chi connectivity index (χ4v) is 2.54. The fraction of sp³-hybridized carbons (Fsp3) is 0.316. The van der Waals surface area contributed by atoms with Crippen molar-refractivity contribution in [1.82, 2.24) is 10.6 Å². The van der Waals surface area contributed by atoms with Crippen LogP contribution in [0.2, 0.25) is 0 Å². The maximum atomic E-state index is 13.6. The van der Waals surface area contributed by atoms with Crippen molar-refractivity contribution in [2.45, 2.75) is 6.42 Å². The van der Waals surface area contributed by atoms with Gasteiger partial charge < -0.3 is 24.8 Å². The number of hydrogen-bond acceptors (Lipinski definition) is 4. The summed E-state index contributed by atoms with van der Waals surface area (Å²) in [7, 11) is 1.69. The highest BCUT2D eigenvalue weighted by atomic mass is 127. The van der Waals surface area contributed by atoms with Gasteiger partial charge in [0.05, 0.1) is 6.54 Å². The summed E-state index contributed by atoms with van der Waals surface area (Å²) in [5, 5.41) is 6.31. The van der Waals surface area contributed by atoms with Crippen LogP contribution in [-0.2, 0) is 6.42 Å². The highest BCUT2D eigenvalue weighted by Crippen LogP contribution is 2.34. The van der Waals surface area contributed by atoms with Gasteiger partial charge in [0.25, 0.3) is 0 Å². The number of benzene rings is 2. The van der Waals surface area contributed by atoms with Crippen LogP contribution < -0.4 is 24.8 Å². The Labute approximate surface area is 175 Å². The molecule has 0 unspecified atom stereocenters. The first-order valence-electron chi connectivity index (χ1n) is 8.46. The highest BCUT2D eigenvalue weighted by molar-refractivity contribution is 14.0. The van der Waals surface area contributed by atoms with Gasteiger partial charge in [-0.15, -0.1) is 24.0 Å². The lowest BCUT2D eigenvalue weighted by Crippen LogP contribution is -2.40. The Balaban J connectivity index is 0.00000261. The zero-order valence-corrected chi connectivity index (χ0v) is 17.4. The molecule has 0 aromatic heterocycles. The molecule has 0 saturated heterocycles. The van der Waals surface area contributed by atoms with Crippen molar-refractivity contribution in [3.8, 4) is 17.2 Å². The van der Waals surface area contributed by atoms with Crippen LogP contribution in [0, 0.1) is 5.82 Å². The minimum Gasteiger partial charge on any atom is -0.492 e. The lowest BCUT2D eigenvalue weighted by Gasteiger charge is -2.13. The number of rotatable bonds is 7. The molecule has 2 N–H and O–H groups in total. The van der Waals surface area contributed by atoms with Gasteiger partial charge in [-0.3, -0.25) is 4.99 Å². The van der Waals surface area contributed by atoms with E-state index in [0.717, 1.165) is 11.5 Å². The Kier molecular flexibility index (Phi) is 8.43. The average molecular weight is 487 g/mol. The molecule has 0 aliphatic carbocycles. The zero-order valence-electron chi connectivity index (χ0n) is 15.0. The molecule has 8 heteroatoms. The van der Waals surface area contributed by atoms with Crippen LogP contribution in [0.5, 0.6) is 17.2 Å². The summed E-state index contributed by atoms with van der Waals surface area (Å²) < 4.78 is 29.8. The van der Waals surface area contributed by atoms with E-state index in [1.165, 1.54) is 6.07 Å². The summed E-state index contributed by atoms with van der Waals surface area (Å²) >= 11 is 0. The molecule has 0 radical (unpaired) electrons. The van der Waals surface area contributed by atoms with Crippen LogP contribution in [-0.4, -0.2) is 39.5 Å². The summed E-state index contributed by atoms with van der Waals surface area (Å²) in [5.41, 5.74) is 0.682.